The summed E-state index contributed by atoms with van der Waals surface area (Å²) in [5.41, 5.74) is -0.492. The summed E-state index contributed by atoms with van der Waals surface area (Å²) in [6.07, 6.45) is 0. The lowest BCUT2D eigenvalue weighted by atomic mass is 10.0. The zero-order valence-electron chi connectivity index (χ0n) is 10.9. The van der Waals surface area contributed by atoms with Crippen molar-refractivity contribution in [3.63, 3.8) is 0 Å². The second-order valence-corrected chi connectivity index (χ2v) is 6.87. The maximum atomic E-state index is 13.7. The van der Waals surface area contributed by atoms with E-state index in [1.165, 1.54) is 14.0 Å². The number of ether oxygens (including phenoxy) is 1. The van der Waals surface area contributed by atoms with E-state index >= 15 is 0 Å². The maximum absolute atomic E-state index is 13.7. The molecule has 0 radical (unpaired) electrons. The first kappa shape index (κ1) is 14.4. The monoisotopic (exact) mass is 291 g/mol. The second kappa shape index (κ2) is 4.50. The quantitative estimate of drug-likeness (QED) is 0.851. The zero-order valence-corrected chi connectivity index (χ0v) is 11.7. The van der Waals surface area contributed by atoms with E-state index in [0.29, 0.717) is 0 Å². The first-order chi connectivity index (χ1) is 8.69. The van der Waals surface area contributed by atoms with Crippen molar-refractivity contribution in [3.05, 3.63) is 29.3 Å². The largest absolute Gasteiger partial charge is 0.376 e. The van der Waals surface area contributed by atoms with Crippen LogP contribution in [0.25, 0.3) is 0 Å². The predicted octanol–water partition coefficient (Wildman–Crippen LogP) is 1.68. The lowest BCUT2D eigenvalue weighted by Gasteiger charge is -2.45. The van der Waals surface area contributed by atoms with Gasteiger partial charge in [-0.1, -0.05) is 0 Å². The van der Waals surface area contributed by atoms with Crippen LogP contribution in [0.2, 0.25) is 0 Å². The van der Waals surface area contributed by atoms with E-state index in [9.17, 15) is 17.2 Å². The van der Waals surface area contributed by atoms with Gasteiger partial charge in [0.1, 0.15) is 16.5 Å². The molecule has 1 saturated heterocycles. The summed E-state index contributed by atoms with van der Waals surface area (Å²) in [6, 6.07) is 1.61. The summed E-state index contributed by atoms with van der Waals surface area (Å²) < 4.78 is 57.7. The molecular weight excluding hydrogens is 276 g/mol. The topological polar surface area (TPSA) is 46.6 Å². The van der Waals surface area contributed by atoms with Crippen molar-refractivity contribution in [3.8, 4) is 0 Å². The molecular formula is C12H15F2NO3S. The number of hydrogen-bond donors (Lipinski definition) is 0. The van der Waals surface area contributed by atoms with Crippen LogP contribution in [0, 0.1) is 18.6 Å². The zero-order chi connectivity index (χ0) is 14.4. The molecule has 0 spiro atoms. The van der Waals surface area contributed by atoms with Gasteiger partial charge in [0.25, 0.3) is 0 Å². The molecule has 1 aliphatic heterocycles. The lowest BCUT2D eigenvalue weighted by molar-refractivity contribution is -0.0769. The highest BCUT2D eigenvalue weighted by atomic mass is 32.2. The van der Waals surface area contributed by atoms with Crippen LogP contribution in [0.15, 0.2) is 17.0 Å². The molecule has 0 aromatic heterocycles. The van der Waals surface area contributed by atoms with Crippen LogP contribution in [-0.4, -0.2) is 38.5 Å². The van der Waals surface area contributed by atoms with Gasteiger partial charge in [-0.25, -0.2) is 17.2 Å². The average Bonchev–Trinajstić information content (AvgIpc) is 2.29. The van der Waals surface area contributed by atoms with Gasteiger partial charge in [-0.15, -0.1) is 0 Å². The van der Waals surface area contributed by atoms with Crippen LogP contribution >= 0.6 is 0 Å². The standard InChI is InChI=1S/C12H15F2NO3S/c1-8-4-10(14)11(5-9(8)13)19(16,17)15-6-12(2,7-15)18-3/h4-5H,6-7H2,1-3H3. The van der Waals surface area contributed by atoms with E-state index in [2.05, 4.69) is 0 Å². The van der Waals surface area contributed by atoms with Crippen LogP contribution in [0.1, 0.15) is 12.5 Å². The first-order valence-electron chi connectivity index (χ1n) is 5.70. The van der Waals surface area contributed by atoms with E-state index < -0.39 is 32.2 Å². The Hall–Kier alpha value is -1.05. The van der Waals surface area contributed by atoms with Gasteiger partial charge < -0.3 is 4.74 Å². The number of benzene rings is 1. The van der Waals surface area contributed by atoms with Crippen LogP contribution in [0.4, 0.5) is 8.78 Å². The fourth-order valence-corrected chi connectivity index (χ4v) is 3.69. The van der Waals surface area contributed by atoms with Crippen molar-refractivity contribution >= 4 is 10.0 Å². The third kappa shape index (κ3) is 2.37. The number of hydrogen-bond acceptors (Lipinski definition) is 3. The molecule has 106 valence electrons. The van der Waals surface area contributed by atoms with E-state index in [1.54, 1.807) is 6.92 Å². The number of nitrogens with zero attached hydrogens (tertiary/aromatic N) is 1. The molecule has 7 heteroatoms. The van der Waals surface area contributed by atoms with Crippen LogP contribution in [0.5, 0.6) is 0 Å². The molecule has 2 rings (SSSR count). The molecule has 0 bridgehead atoms. The fraction of sp³-hybridized carbons (Fsp3) is 0.500. The highest BCUT2D eigenvalue weighted by Gasteiger charge is 2.46. The first-order valence-corrected chi connectivity index (χ1v) is 7.14. The van der Waals surface area contributed by atoms with E-state index in [0.717, 1.165) is 16.4 Å². The summed E-state index contributed by atoms with van der Waals surface area (Å²) >= 11 is 0. The summed E-state index contributed by atoms with van der Waals surface area (Å²) in [5.74, 6) is -1.68. The average molecular weight is 291 g/mol. The molecule has 0 atom stereocenters. The summed E-state index contributed by atoms with van der Waals surface area (Å²) in [7, 11) is -2.53. The van der Waals surface area contributed by atoms with Crippen molar-refractivity contribution in [1.82, 2.24) is 4.31 Å². The molecule has 1 aromatic rings. The molecule has 0 unspecified atom stereocenters. The highest BCUT2D eigenvalue weighted by Crippen LogP contribution is 2.31. The Kier molecular flexibility index (Phi) is 3.40. The van der Waals surface area contributed by atoms with E-state index in [-0.39, 0.29) is 18.7 Å². The molecule has 0 amide bonds. The maximum Gasteiger partial charge on any atom is 0.246 e. The number of halogens is 2. The van der Waals surface area contributed by atoms with Gasteiger partial charge in [0.05, 0.1) is 5.60 Å². The third-order valence-electron chi connectivity index (χ3n) is 3.35. The Morgan fingerprint density at radius 1 is 1.26 bits per heavy atom. The summed E-state index contributed by atoms with van der Waals surface area (Å²) in [5, 5.41) is 0. The van der Waals surface area contributed by atoms with Gasteiger partial charge in [-0.05, 0) is 31.5 Å². The van der Waals surface area contributed by atoms with Crippen molar-refractivity contribution in [2.24, 2.45) is 0 Å². The van der Waals surface area contributed by atoms with Gasteiger partial charge >= 0.3 is 0 Å². The molecule has 19 heavy (non-hydrogen) atoms. The van der Waals surface area contributed by atoms with Crippen molar-refractivity contribution in [1.29, 1.82) is 0 Å². The molecule has 0 N–H and O–H groups in total. The van der Waals surface area contributed by atoms with Crippen molar-refractivity contribution in [2.45, 2.75) is 24.3 Å². The minimum Gasteiger partial charge on any atom is -0.376 e. The highest BCUT2D eigenvalue weighted by molar-refractivity contribution is 7.89. The Morgan fingerprint density at radius 3 is 2.37 bits per heavy atom. The Morgan fingerprint density at radius 2 is 1.84 bits per heavy atom. The van der Waals surface area contributed by atoms with E-state index in [4.69, 9.17) is 4.74 Å². The number of aryl methyl sites for hydroxylation is 1. The van der Waals surface area contributed by atoms with Gasteiger partial charge in [0.15, 0.2) is 0 Å². The van der Waals surface area contributed by atoms with Crippen LogP contribution in [0.3, 0.4) is 0 Å². The molecule has 1 fully saturated rings. The Bertz CT molecular complexity index is 610. The SMILES string of the molecule is COC1(C)CN(S(=O)(=O)c2cc(F)c(C)cc2F)C1. The number of sulfonamides is 1. The second-order valence-electron chi connectivity index (χ2n) is 4.96. The minimum absolute atomic E-state index is 0.0711. The minimum atomic E-state index is -4.01. The molecule has 0 aliphatic carbocycles. The van der Waals surface area contributed by atoms with Crippen molar-refractivity contribution in [2.75, 3.05) is 20.2 Å². The Balaban J connectivity index is 2.35. The smallest absolute Gasteiger partial charge is 0.246 e. The molecule has 1 heterocycles. The number of rotatable bonds is 3. The normalized spacial score (nSPS) is 19.2. The third-order valence-corrected chi connectivity index (χ3v) is 5.15. The lowest BCUT2D eigenvalue weighted by Crippen LogP contribution is -2.62. The van der Waals surface area contributed by atoms with Crippen molar-refractivity contribution < 1.29 is 21.9 Å². The van der Waals surface area contributed by atoms with Crippen LogP contribution < -0.4 is 0 Å². The Labute approximate surface area is 111 Å². The van der Waals surface area contributed by atoms with Gasteiger partial charge in [0.2, 0.25) is 10.0 Å². The van der Waals surface area contributed by atoms with Crippen LogP contribution in [-0.2, 0) is 14.8 Å². The number of methoxy groups -OCH3 is 1. The summed E-state index contributed by atoms with van der Waals surface area (Å²) in [6.45, 7) is 3.38. The van der Waals surface area contributed by atoms with Gasteiger partial charge in [-0.2, -0.15) is 4.31 Å². The van der Waals surface area contributed by atoms with Gasteiger partial charge in [-0.3, -0.25) is 0 Å². The summed E-state index contributed by atoms with van der Waals surface area (Å²) in [4.78, 5) is -0.631. The molecule has 0 saturated carbocycles. The van der Waals surface area contributed by atoms with E-state index in [1.807, 2.05) is 0 Å². The molecule has 1 aromatic carbocycles. The molecule has 1 aliphatic rings. The fourth-order valence-electron chi connectivity index (χ4n) is 1.96. The molecule has 4 nitrogen and oxygen atoms in total. The van der Waals surface area contributed by atoms with Gasteiger partial charge in [0, 0.05) is 20.2 Å². The predicted molar refractivity (Wildman–Crippen MR) is 65.3 cm³/mol.